The number of benzene rings is 1. The summed E-state index contributed by atoms with van der Waals surface area (Å²) in [7, 11) is 0. The Kier molecular flexibility index (Phi) is 9.08. The van der Waals surface area contributed by atoms with Crippen LogP contribution in [0.2, 0.25) is 0 Å². The Morgan fingerprint density at radius 3 is 2.50 bits per heavy atom. The molecule has 1 aliphatic carbocycles. The van der Waals surface area contributed by atoms with Crippen LogP contribution in [0.5, 0.6) is 0 Å². The number of rotatable bonds is 9. The predicted octanol–water partition coefficient (Wildman–Crippen LogP) is 5.95. The number of alkyl halides is 3. The molecule has 0 bridgehead atoms. The second kappa shape index (κ2) is 13.3. The monoisotopic (exact) mass is 678 g/mol. The average molecular weight is 679 g/mol. The smallest absolute Gasteiger partial charge is 0.367 e. The van der Waals surface area contributed by atoms with Crippen molar-refractivity contribution < 1.29 is 18.0 Å². The first-order valence-electron chi connectivity index (χ1n) is 16.9. The van der Waals surface area contributed by atoms with Crippen LogP contribution in [0.4, 0.5) is 19.0 Å². The van der Waals surface area contributed by atoms with E-state index in [0.717, 1.165) is 100 Å². The van der Waals surface area contributed by atoms with E-state index >= 15 is 0 Å². The molecule has 3 aromatic heterocycles. The Balaban J connectivity index is 0.967. The molecule has 0 spiro atoms. The minimum Gasteiger partial charge on any atom is -0.367 e. The number of halogens is 3. The number of aromatic nitrogens is 3. The maximum atomic E-state index is 13.0. The Labute approximate surface area is 282 Å². The Morgan fingerprint density at radius 1 is 1.06 bits per heavy atom. The van der Waals surface area contributed by atoms with Gasteiger partial charge in [0.15, 0.2) is 0 Å². The lowest BCUT2D eigenvalue weighted by Gasteiger charge is -2.38. The van der Waals surface area contributed by atoms with E-state index in [1.54, 1.807) is 6.07 Å². The molecule has 0 unspecified atom stereocenters. The van der Waals surface area contributed by atoms with E-state index < -0.39 is 12.6 Å². The van der Waals surface area contributed by atoms with Crippen LogP contribution in [0.3, 0.4) is 0 Å². The molecule has 4 aromatic rings. The number of carbonyl (C=O) groups excluding carboxylic acids is 1. The zero-order valence-electron chi connectivity index (χ0n) is 27.4. The van der Waals surface area contributed by atoms with E-state index in [0.29, 0.717) is 27.6 Å². The summed E-state index contributed by atoms with van der Waals surface area (Å²) in [5, 5.41) is 15.3. The van der Waals surface area contributed by atoms with Crippen LogP contribution in [0, 0.1) is 24.2 Å². The average Bonchev–Trinajstić information content (AvgIpc) is 3.74. The van der Waals surface area contributed by atoms with Crippen LogP contribution in [0.1, 0.15) is 54.3 Å². The number of amides is 1. The van der Waals surface area contributed by atoms with Gasteiger partial charge in [0.25, 0.3) is 0 Å². The van der Waals surface area contributed by atoms with Gasteiger partial charge in [-0.05, 0) is 68.9 Å². The number of anilines is 1. The predicted molar refractivity (Wildman–Crippen MR) is 181 cm³/mol. The first-order valence-corrected chi connectivity index (χ1v) is 17.7. The van der Waals surface area contributed by atoms with Gasteiger partial charge in [-0.25, -0.2) is 9.97 Å². The number of hydrogen-bond acceptors (Lipinski definition) is 8. The molecule has 3 fully saturated rings. The largest absolute Gasteiger partial charge is 0.393 e. The van der Waals surface area contributed by atoms with Crippen molar-refractivity contribution in [2.45, 2.75) is 77.3 Å². The summed E-state index contributed by atoms with van der Waals surface area (Å²) in [4.78, 5) is 28.8. The van der Waals surface area contributed by atoms with E-state index in [1.807, 2.05) is 11.0 Å². The highest BCUT2D eigenvalue weighted by Gasteiger charge is 2.35. The maximum absolute atomic E-state index is 13.0. The van der Waals surface area contributed by atoms with Crippen LogP contribution in [0.15, 0.2) is 30.6 Å². The molecule has 5 heterocycles. The molecule has 48 heavy (non-hydrogen) atoms. The molecular formula is C35H41F3N8OS. The molecule has 1 aromatic carbocycles. The number of nitriles is 1. The van der Waals surface area contributed by atoms with E-state index in [4.69, 9.17) is 0 Å². The third-order valence-corrected chi connectivity index (χ3v) is 11.3. The molecule has 1 N–H and O–H groups in total. The number of piperazine rings is 1. The fourth-order valence-corrected chi connectivity index (χ4v) is 8.33. The lowest BCUT2D eigenvalue weighted by atomic mass is 10.0. The van der Waals surface area contributed by atoms with Crippen molar-refractivity contribution in [1.82, 2.24) is 29.2 Å². The van der Waals surface area contributed by atoms with Crippen molar-refractivity contribution in [1.29, 1.82) is 5.26 Å². The maximum Gasteiger partial charge on any atom is 0.393 e. The number of nitrogens with zero attached hydrogens (tertiary/aromatic N) is 7. The van der Waals surface area contributed by atoms with E-state index in [1.165, 1.54) is 17.5 Å². The van der Waals surface area contributed by atoms with Gasteiger partial charge in [-0.3, -0.25) is 14.6 Å². The number of likely N-dealkylation sites (tertiary alicyclic amines) is 1. The zero-order chi connectivity index (χ0) is 33.6. The van der Waals surface area contributed by atoms with Gasteiger partial charge in [-0.15, -0.1) is 11.3 Å². The fourth-order valence-electron chi connectivity index (χ4n) is 7.31. The van der Waals surface area contributed by atoms with Gasteiger partial charge in [-0.1, -0.05) is 6.07 Å². The second-order valence-electron chi connectivity index (χ2n) is 13.7. The first-order chi connectivity index (χ1) is 23.1. The highest BCUT2D eigenvalue weighted by molar-refractivity contribution is 7.18. The van der Waals surface area contributed by atoms with E-state index in [9.17, 15) is 23.2 Å². The number of piperidine rings is 1. The summed E-state index contributed by atoms with van der Waals surface area (Å²) in [5.74, 6) is 1.18. The first kappa shape index (κ1) is 32.8. The summed E-state index contributed by atoms with van der Waals surface area (Å²) in [6, 6.07) is 10.8. The van der Waals surface area contributed by atoms with Crippen molar-refractivity contribution in [2.75, 3.05) is 44.6 Å². The number of fused-ring (bicyclic) bond motifs is 2. The lowest BCUT2D eigenvalue weighted by molar-refractivity contribution is -0.134. The van der Waals surface area contributed by atoms with Gasteiger partial charge in [0.05, 0.1) is 11.8 Å². The van der Waals surface area contributed by atoms with Gasteiger partial charge in [0, 0.05) is 86.1 Å². The number of hydrogen-bond donors (Lipinski definition) is 1. The third-order valence-electron chi connectivity index (χ3n) is 10.3. The molecule has 13 heteroatoms. The molecule has 1 atom stereocenters. The molecule has 1 saturated carbocycles. The summed E-state index contributed by atoms with van der Waals surface area (Å²) in [6.45, 7) is 10.9. The zero-order valence-corrected chi connectivity index (χ0v) is 28.2. The minimum absolute atomic E-state index is 0.171. The molecular weight excluding hydrogens is 638 g/mol. The highest BCUT2D eigenvalue weighted by atomic mass is 32.1. The third kappa shape index (κ3) is 7.02. The van der Waals surface area contributed by atoms with E-state index in [-0.39, 0.29) is 22.9 Å². The molecule has 2 saturated heterocycles. The van der Waals surface area contributed by atoms with E-state index in [2.05, 4.69) is 61.7 Å². The molecule has 2 aliphatic heterocycles. The van der Waals surface area contributed by atoms with Crippen molar-refractivity contribution in [3.05, 3.63) is 52.3 Å². The SMILES string of the molecule is Cc1c(CN2CCC(Nc3ncnc4sc(CC(F)(F)F)cc34)CC2)ccc2c1cc(C#N)n2C[C@H](C)N1CCN(C(=O)C2CC2)CC1. The number of carbonyl (C=O) groups is 1. The van der Waals surface area contributed by atoms with Crippen molar-refractivity contribution >= 4 is 44.2 Å². The topological polar surface area (TPSA) is 93.3 Å². The summed E-state index contributed by atoms with van der Waals surface area (Å²) in [6.07, 6.45) is 0.0581. The van der Waals surface area contributed by atoms with Gasteiger partial charge in [-0.2, -0.15) is 18.4 Å². The van der Waals surface area contributed by atoms with Crippen LogP contribution < -0.4 is 5.32 Å². The van der Waals surface area contributed by atoms with Gasteiger partial charge in [0.2, 0.25) is 5.91 Å². The molecule has 1 amide bonds. The van der Waals surface area contributed by atoms with Crippen LogP contribution in [-0.4, -0.2) is 92.7 Å². The summed E-state index contributed by atoms with van der Waals surface area (Å²) < 4.78 is 41.0. The Morgan fingerprint density at radius 2 is 1.81 bits per heavy atom. The van der Waals surface area contributed by atoms with Gasteiger partial charge < -0.3 is 14.8 Å². The molecule has 3 aliphatic rings. The second-order valence-corrected chi connectivity index (χ2v) is 14.8. The molecule has 7 rings (SSSR count). The quantitative estimate of drug-likeness (QED) is 0.234. The Hall–Kier alpha value is -3.73. The number of nitrogens with one attached hydrogen (secondary N) is 1. The fraction of sp³-hybridized carbons (Fsp3) is 0.543. The standard InChI is InChI=1S/C35H41F3N8OS/c1-22(44-11-13-45(14-12-44)34(47)24-3-4-24)19-46-27(18-39)15-29-23(2)25(5-6-31(29)46)20-43-9-7-26(8-10-43)42-32-30-16-28(17-35(36,37)38)48-33(30)41-21-40-32/h5-6,15-16,21-22,24,26H,3-4,7-14,17,19-20H2,1-2H3,(H,40,41,42)/t22-/m0/s1. The summed E-state index contributed by atoms with van der Waals surface area (Å²) >= 11 is 1.07. The minimum atomic E-state index is -4.26. The Bertz CT molecular complexity index is 1840. The summed E-state index contributed by atoms with van der Waals surface area (Å²) in [5.41, 5.74) is 4.18. The van der Waals surface area contributed by atoms with Crippen LogP contribution >= 0.6 is 11.3 Å². The van der Waals surface area contributed by atoms with Crippen molar-refractivity contribution in [3.8, 4) is 6.07 Å². The van der Waals surface area contributed by atoms with Gasteiger partial charge >= 0.3 is 6.18 Å². The number of aryl methyl sites for hydroxylation is 1. The van der Waals surface area contributed by atoms with Gasteiger partial charge in [0.1, 0.15) is 28.7 Å². The van der Waals surface area contributed by atoms with Crippen LogP contribution in [0.25, 0.3) is 21.1 Å². The highest BCUT2D eigenvalue weighted by Crippen LogP contribution is 2.34. The normalized spacial score (nSPS) is 19.2. The molecule has 0 radical (unpaired) electrons. The van der Waals surface area contributed by atoms with Crippen molar-refractivity contribution in [3.63, 3.8) is 0 Å². The lowest BCUT2D eigenvalue weighted by Crippen LogP contribution is -2.52. The van der Waals surface area contributed by atoms with Crippen LogP contribution in [-0.2, 0) is 24.3 Å². The molecule has 254 valence electrons. The molecule has 9 nitrogen and oxygen atoms in total. The van der Waals surface area contributed by atoms with Crippen molar-refractivity contribution in [2.24, 2.45) is 5.92 Å². The number of thiophene rings is 1.